The lowest BCUT2D eigenvalue weighted by atomic mass is 9.84. The molecule has 48 heavy (non-hydrogen) atoms. The molecule has 5 rings (SSSR count). The molecule has 3 atom stereocenters. The van der Waals surface area contributed by atoms with Gasteiger partial charge in [-0.25, -0.2) is 14.8 Å². The van der Waals surface area contributed by atoms with Crippen LogP contribution in [0, 0.1) is 0 Å². The topological polar surface area (TPSA) is 257 Å². The SMILES string of the molecule is CC1(C)CC(Nc2ccc3cc(OCC(O/N=C(\C(=O)NC4C(=O)N(OS(=O)(=O)O)C4(C)C)c4csc(N)n4)C(=O)O)ccc3n2)CN1. The smallest absolute Gasteiger partial charge is 0.418 e. The van der Waals surface area contributed by atoms with Crippen LogP contribution in [-0.2, 0) is 33.9 Å². The number of nitrogens with two attached hydrogens (primary N) is 1. The highest BCUT2D eigenvalue weighted by Gasteiger charge is 2.58. The Bertz CT molecular complexity index is 1880. The molecule has 258 valence electrons. The zero-order chi connectivity index (χ0) is 35.0. The number of hydrogen-bond donors (Lipinski definition) is 6. The number of oxime groups is 1. The molecule has 0 spiro atoms. The molecule has 2 aliphatic heterocycles. The molecule has 0 aliphatic carbocycles. The number of benzene rings is 1. The predicted molar refractivity (Wildman–Crippen MR) is 172 cm³/mol. The van der Waals surface area contributed by atoms with Crippen LogP contribution in [0.5, 0.6) is 5.75 Å². The number of amides is 2. The number of pyridine rings is 1. The van der Waals surface area contributed by atoms with Gasteiger partial charge in [0.1, 0.15) is 29.9 Å². The van der Waals surface area contributed by atoms with Crippen molar-refractivity contribution in [2.75, 3.05) is 24.2 Å². The third-order valence-corrected chi connectivity index (χ3v) is 8.66. The molecular formula is C28H34N8O10S2. The molecule has 7 N–H and O–H groups in total. The Morgan fingerprint density at radius 3 is 2.58 bits per heavy atom. The van der Waals surface area contributed by atoms with E-state index >= 15 is 0 Å². The van der Waals surface area contributed by atoms with Gasteiger partial charge in [-0.3, -0.25) is 14.1 Å². The Kier molecular flexibility index (Phi) is 9.48. The lowest BCUT2D eigenvalue weighted by Crippen LogP contribution is -2.76. The van der Waals surface area contributed by atoms with Crippen molar-refractivity contribution in [3.63, 3.8) is 0 Å². The van der Waals surface area contributed by atoms with Crippen LogP contribution >= 0.6 is 11.3 Å². The summed E-state index contributed by atoms with van der Waals surface area (Å²) in [5.74, 6) is -2.40. The summed E-state index contributed by atoms with van der Waals surface area (Å²) in [4.78, 5) is 51.7. The number of carboxylic acids is 1. The van der Waals surface area contributed by atoms with E-state index in [1.165, 1.54) is 19.2 Å². The van der Waals surface area contributed by atoms with Crippen LogP contribution in [-0.4, -0.2) is 99.0 Å². The Hall–Kier alpha value is -4.63. The largest absolute Gasteiger partial charge is 0.489 e. The number of rotatable bonds is 13. The maximum absolute atomic E-state index is 13.2. The van der Waals surface area contributed by atoms with Crippen LogP contribution in [0.4, 0.5) is 10.9 Å². The number of thiazole rings is 1. The van der Waals surface area contributed by atoms with E-state index in [2.05, 4.69) is 49.2 Å². The number of nitrogen functional groups attached to an aromatic ring is 1. The third kappa shape index (κ3) is 7.90. The zero-order valence-corrected chi connectivity index (χ0v) is 27.8. The molecule has 0 radical (unpaired) electrons. The highest BCUT2D eigenvalue weighted by molar-refractivity contribution is 7.80. The highest BCUT2D eigenvalue weighted by Crippen LogP contribution is 2.33. The summed E-state index contributed by atoms with van der Waals surface area (Å²) in [7, 11) is -5.02. The summed E-state index contributed by atoms with van der Waals surface area (Å²) in [5.41, 5.74) is 4.42. The minimum absolute atomic E-state index is 0.0500. The van der Waals surface area contributed by atoms with Gasteiger partial charge >= 0.3 is 16.4 Å². The molecule has 3 unspecified atom stereocenters. The summed E-state index contributed by atoms with van der Waals surface area (Å²) in [6.45, 7) is 7.34. The molecule has 2 fully saturated rings. The fraction of sp³-hybridized carbons (Fsp3) is 0.429. The van der Waals surface area contributed by atoms with Crippen LogP contribution < -0.4 is 26.4 Å². The van der Waals surface area contributed by atoms with E-state index < -0.39 is 58.2 Å². The van der Waals surface area contributed by atoms with Gasteiger partial charge in [-0.15, -0.1) is 15.6 Å². The van der Waals surface area contributed by atoms with Gasteiger partial charge in [0.2, 0.25) is 0 Å². The molecule has 2 amide bonds. The number of carbonyl (C=O) groups excluding carboxylic acids is 2. The highest BCUT2D eigenvalue weighted by atomic mass is 32.3. The number of nitrogens with one attached hydrogen (secondary N) is 3. The number of fused-ring (bicyclic) bond motifs is 1. The summed E-state index contributed by atoms with van der Waals surface area (Å²) >= 11 is 0.961. The van der Waals surface area contributed by atoms with E-state index in [-0.39, 0.29) is 22.4 Å². The molecule has 1 aromatic carbocycles. The average molecular weight is 707 g/mol. The van der Waals surface area contributed by atoms with Gasteiger partial charge in [-0.2, -0.15) is 13.5 Å². The van der Waals surface area contributed by atoms with Crippen molar-refractivity contribution in [1.82, 2.24) is 25.7 Å². The molecule has 20 heteroatoms. The van der Waals surface area contributed by atoms with Gasteiger partial charge in [0.15, 0.2) is 10.8 Å². The Balaban J connectivity index is 1.26. The zero-order valence-electron chi connectivity index (χ0n) is 26.2. The van der Waals surface area contributed by atoms with Gasteiger partial charge in [0, 0.05) is 28.9 Å². The maximum Gasteiger partial charge on any atom is 0.418 e. The number of aliphatic carboxylic acids is 1. The summed E-state index contributed by atoms with van der Waals surface area (Å²) in [6, 6.07) is 7.70. The van der Waals surface area contributed by atoms with Crippen LogP contribution in [0.3, 0.4) is 0 Å². The van der Waals surface area contributed by atoms with Crippen molar-refractivity contribution in [2.45, 2.75) is 63.4 Å². The third-order valence-electron chi connectivity index (χ3n) is 7.65. The molecule has 2 aromatic heterocycles. The minimum Gasteiger partial charge on any atom is -0.489 e. The lowest BCUT2D eigenvalue weighted by molar-refractivity contribution is -0.218. The molecule has 4 heterocycles. The summed E-state index contributed by atoms with van der Waals surface area (Å²) in [6.07, 6.45) is -0.735. The van der Waals surface area contributed by atoms with Crippen molar-refractivity contribution < 1.29 is 46.3 Å². The van der Waals surface area contributed by atoms with E-state index in [1.54, 1.807) is 18.2 Å². The maximum atomic E-state index is 13.2. The quantitative estimate of drug-likeness (QED) is 0.0625. The fourth-order valence-electron chi connectivity index (χ4n) is 5.20. The number of anilines is 2. The van der Waals surface area contributed by atoms with Gasteiger partial charge in [0.25, 0.3) is 17.9 Å². The summed E-state index contributed by atoms with van der Waals surface area (Å²) < 4.78 is 41.2. The molecular weight excluding hydrogens is 672 g/mol. The predicted octanol–water partition coefficient (Wildman–Crippen LogP) is 0.919. The lowest BCUT2D eigenvalue weighted by Gasteiger charge is -2.50. The van der Waals surface area contributed by atoms with E-state index in [4.69, 9.17) is 19.9 Å². The van der Waals surface area contributed by atoms with Gasteiger partial charge in [-0.05, 0) is 64.4 Å². The number of aromatic nitrogens is 2. The first-order chi connectivity index (χ1) is 22.4. The molecule has 2 aliphatic rings. The van der Waals surface area contributed by atoms with E-state index in [1.807, 2.05) is 12.1 Å². The second-order valence-corrected chi connectivity index (χ2v) is 14.2. The van der Waals surface area contributed by atoms with Crippen molar-refractivity contribution in [3.05, 3.63) is 41.4 Å². The standard InChI is InChI=1S/C28H34N8O10S2/c1-27(2)10-15(11-30-27)31-20-8-5-14-9-16(6-7-17(14)32-20)44-12-19(25(39)40)45-35-21(18-13-47-26(29)33-18)23(37)34-22-24(38)36(28(22,3)4)46-48(41,42)43/h5-9,13,15,19,22,30H,10-12H2,1-4H3,(H2,29,33)(H,31,32)(H,34,37)(H,39,40)(H,41,42,43)/b35-21-. The van der Waals surface area contributed by atoms with Gasteiger partial charge in [-0.1, -0.05) is 5.16 Å². The van der Waals surface area contributed by atoms with Crippen LogP contribution in [0.25, 0.3) is 10.9 Å². The molecule has 18 nitrogen and oxygen atoms in total. The number of β-lactam (4-membered cyclic amide) rings is 1. The number of hydroxylamine groups is 2. The Morgan fingerprint density at radius 1 is 1.23 bits per heavy atom. The molecule has 0 bridgehead atoms. The Morgan fingerprint density at radius 2 is 1.98 bits per heavy atom. The first kappa shape index (κ1) is 34.7. The van der Waals surface area contributed by atoms with E-state index in [0.717, 1.165) is 35.5 Å². The molecule has 2 saturated heterocycles. The summed E-state index contributed by atoms with van der Waals surface area (Å²) in [5, 5.41) is 25.3. The monoisotopic (exact) mass is 706 g/mol. The first-order valence-corrected chi connectivity index (χ1v) is 16.7. The number of hydrogen-bond acceptors (Lipinski definition) is 15. The average Bonchev–Trinajstić information content (AvgIpc) is 3.58. The van der Waals surface area contributed by atoms with Crippen molar-refractivity contribution in [2.24, 2.45) is 5.16 Å². The number of nitrogens with zero attached hydrogens (tertiary/aromatic N) is 4. The number of ether oxygens (including phenoxy) is 1. The molecule has 0 saturated carbocycles. The van der Waals surface area contributed by atoms with Crippen LogP contribution in [0.1, 0.15) is 39.8 Å². The first-order valence-electron chi connectivity index (χ1n) is 14.5. The second kappa shape index (κ2) is 13.1. The van der Waals surface area contributed by atoms with Gasteiger partial charge in [0.05, 0.1) is 11.1 Å². The number of carbonyl (C=O) groups is 3. The minimum atomic E-state index is -5.02. The normalized spacial score (nSPS) is 21.0. The van der Waals surface area contributed by atoms with Crippen LogP contribution in [0.2, 0.25) is 0 Å². The van der Waals surface area contributed by atoms with E-state index in [9.17, 15) is 27.9 Å². The van der Waals surface area contributed by atoms with Crippen LogP contribution in [0.15, 0.2) is 40.9 Å². The van der Waals surface area contributed by atoms with Crippen molar-refractivity contribution in [1.29, 1.82) is 0 Å². The van der Waals surface area contributed by atoms with Crippen molar-refractivity contribution in [3.8, 4) is 5.75 Å². The van der Waals surface area contributed by atoms with Gasteiger partial charge < -0.3 is 36.4 Å². The molecule has 3 aromatic rings. The van der Waals surface area contributed by atoms with E-state index in [0.29, 0.717) is 16.3 Å². The fourth-order valence-corrected chi connectivity index (χ4v) is 6.20. The number of carboxylic acid groups (broad SMARTS) is 1. The second-order valence-electron chi connectivity index (χ2n) is 12.3. The van der Waals surface area contributed by atoms with Crippen molar-refractivity contribution >= 4 is 67.1 Å². The Labute approximate surface area is 278 Å².